The van der Waals surface area contributed by atoms with Crippen LogP contribution in [0.2, 0.25) is 0 Å². The van der Waals surface area contributed by atoms with Crippen LogP contribution in [0.25, 0.3) is 11.0 Å². The highest BCUT2D eigenvalue weighted by Crippen LogP contribution is 2.25. The number of rotatable bonds is 4. The Bertz CT molecular complexity index is 559. The number of ether oxygens (including phenoxy) is 1. The van der Waals surface area contributed by atoms with E-state index in [1.165, 1.54) is 7.11 Å². The first-order valence-corrected chi connectivity index (χ1v) is 6.69. The Labute approximate surface area is 114 Å². The van der Waals surface area contributed by atoms with Gasteiger partial charge < -0.3 is 9.15 Å². The first-order chi connectivity index (χ1) is 8.63. The summed E-state index contributed by atoms with van der Waals surface area (Å²) >= 11 is 3.42. The summed E-state index contributed by atoms with van der Waals surface area (Å²) in [5.74, 6) is 0.499. The fourth-order valence-electron chi connectivity index (χ4n) is 1.97. The minimum atomic E-state index is -0.181. The van der Waals surface area contributed by atoms with Gasteiger partial charge in [-0.25, -0.2) is 0 Å². The predicted octanol–water partition coefficient (Wildman–Crippen LogP) is 3.94. The average Bonchev–Trinajstić information content (AvgIpc) is 2.76. The molecule has 1 aromatic heterocycles. The minimum Gasteiger partial charge on any atom is -0.469 e. The van der Waals surface area contributed by atoms with Crippen LogP contribution >= 0.6 is 15.9 Å². The van der Waals surface area contributed by atoms with Crippen LogP contribution < -0.4 is 0 Å². The SMILES string of the molecule is CCC(Cc1cc2cc(Br)ccc2o1)C(=O)OC. The van der Waals surface area contributed by atoms with E-state index in [0.717, 1.165) is 27.6 Å². The molecule has 0 fully saturated rings. The van der Waals surface area contributed by atoms with E-state index in [2.05, 4.69) is 15.9 Å². The number of carbonyl (C=O) groups is 1. The first kappa shape index (κ1) is 13.1. The van der Waals surface area contributed by atoms with Gasteiger partial charge >= 0.3 is 5.97 Å². The largest absolute Gasteiger partial charge is 0.469 e. The molecule has 18 heavy (non-hydrogen) atoms. The number of hydrogen-bond donors (Lipinski definition) is 0. The van der Waals surface area contributed by atoms with E-state index in [-0.39, 0.29) is 11.9 Å². The van der Waals surface area contributed by atoms with E-state index in [4.69, 9.17) is 9.15 Å². The van der Waals surface area contributed by atoms with Crippen LogP contribution in [0, 0.1) is 5.92 Å². The van der Waals surface area contributed by atoms with Gasteiger partial charge in [0.15, 0.2) is 0 Å². The van der Waals surface area contributed by atoms with Crippen LogP contribution in [-0.2, 0) is 16.0 Å². The maximum absolute atomic E-state index is 11.5. The summed E-state index contributed by atoms with van der Waals surface area (Å²) in [6.07, 6.45) is 1.32. The van der Waals surface area contributed by atoms with E-state index < -0.39 is 0 Å². The van der Waals surface area contributed by atoms with Gasteiger partial charge in [0.25, 0.3) is 0 Å². The summed E-state index contributed by atoms with van der Waals surface area (Å²) < 4.78 is 11.5. The fraction of sp³-hybridized carbons (Fsp3) is 0.357. The molecule has 1 unspecified atom stereocenters. The molecule has 4 heteroatoms. The van der Waals surface area contributed by atoms with Crippen molar-refractivity contribution in [2.24, 2.45) is 5.92 Å². The lowest BCUT2D eigenvalue weighted by molar-refractivity contribution is -0.145. The van der Waals surface area contributed by atoms with Gasteiger partial charge in [-0.1, -0.05) is 22.9 Å². The molecule has 0 aliphatic rings. The molecule has 0 aliphatic carbocycles. The lowest BCUT2D eigenvalue weighted by Crippen LogP contribution is -2.17. The minimum absolute atomic E-state index is 0.140. The van der Waals surface area contributed by atoms with Gasteiger partial charge in [-0.15, -0.1) is 0 Å². The van der Waals surface area contributed by atoms with Crippen molar-refractivity contribution in [3.05, 3.63) is 34.5 Å². The standard InChI is InChI=1S/C14H15BrO3/c1-3-9(14(16)17-2)7-12-8-10-6-11(15)4-5-13(10)18-12/h4-6,8-9H,3,7H2,1-2H3. The number of hydrogen-bond acceptors (Lipinski definition) is 3. The molecule has 0 N–H and O–H groups in total. The summed E-state index contributed by atoms with van der Waals surface area (Å²) in [5.41, 5.74) is 0.841. The Morgan fingerprint density at radius 3 is 2.89 bits per heavy atom. The summed E-state index contributed by atoms with van der Waals surface area (Å²) in [4.78, 5) is 11.5. The van der Waals surface area contributed by atoms with Gasteiger partial charge in [-0.2, -0.15) is 0 Å². The van der Waals surface area contributed by atoms with E-state index >= 15 is 0 Å². The van der Waals surface area contributed by atoms with Crippen molar-refractivity contribution >= 4 is 32.9 Å². The second-order valence-corrected chi connectivity index (χ2v) is 5.14. The Morgan fingerprint density at radius 2 is 2.22 bits per heavy atom. The van der Waals surface area contributed by atoms with Crippen LogP contribution in [0.1, 0.15) is 19.1 Å². The lowest BCUT2D eigenvalue weighted by atomic mass is 10.0. The van der Waals surface area contributed by atoms with Crippen LogP contribution in [0.15, 0.2) is 33.2 Å². The predicted molar refractivity (Wildman–Crippen MR) is 73.4 cm³/mol. The van der Waals surface area contributed by atoms with Crippen LogP contribution in [0.3, 0.4) is 0 Å². The number of benzene rings is 1. The Balaban J connectivity index is 2.23. The quantitative estimate of drug-likeness (QED) is 0.803. The molecule has 0 saturated heterocycles. The van der Waals surface area contributed by atoms with E-state index in [1.54, 1.807) is 0 Å². The molecule has 3 nitrogen and oxygen atoms in total. The number of esters is 1. The smallest absolute Gasteiger partial charge is 0.309 e. The molecule has 0 spiro atoms. The van der Waals surface area contributed by atoms with Crippen LogP contribution in [0.4, 0.5) is 0 Å². The van der Waals surface area contributed by atoms with E-state index in [9.17, 15) is 4.79 Å². The monoisotopic (exact) mass is 310 g/mol. The first-order valence-electron chi connectivity index (χ1n) is 5.89. The third-order valence-corrected chi connectivity index (χ3v) is 3.50. The number of methoxy groups -OCH3 is 1. The Morgan fingerprint density at radius 1 is 1.44 bits per heavy atom. The zero-order chi connectivity index (χ0) is 13.1. The van der Waals surface area contributed by atoms with Crippen molar-refractivity contribution in [1.29, 1.82) is 0 Å². The average molecular weight is 311 g/mol. The molecule has 0 amide bonds. The number of halogens is 1. The fourth-order valence-corrected chi connectivity index (χ4v) is 2.35. The van der Waals surface area contributed by atoms with Crippen molar-refractivity contribution in [3.8, 4) is 0 Å². The second-order valence-electron chi connectivity index (χ2n) is 4.23. The second kappa shape index (κ2) is 5.57. The zero-order valence-electron chi connectivity index (χ0n) is 10.4. The number of fused-ring (bicyclic) bond motifs is 1. The molecule has 2 aromatic rings. The highest BCUT2D eigenvalue weighted by atomic mass is 79.9. The molecular formula is C14H15BrO3. The third-order valence-electron chi connectivity index (χ3n) is 3.00. The van der Waals surface area contributed by atoms with Crippen molar-refractivity contribution in [2.45, 2.75) is 19.8 Å². The summed E-state index contributed by atoms with van der Waals surface area (Å²) in [7, 11) is 1.42. The van der Waals surface area contributed by atoms with Crippen molar-refractivity contribution < 1.29 is 13.9 Å². The molecule has 96 valence electrons. The highest BCUT2D eigenvalue weighted by molar-refractivity contribution is 9.10. The van der Waals surface area contributed by atoms with E-state index in [1.807, 2.05) is 31.2 Å². The third kappa shape index (κ3) is 2.75. The summed E-state index contributed by atoms with van der Waals surface area (Å²) in [6, 6.07) is 7.84. The van der Waals surface area contributed by atoms with Crippen LogP contribution in [-0.4, -0.2) is 13.1 Å². The molecule has 2 rings (SSSR count). The topological polar surface area (TPSA) is 39.4 Å². The van der Waals surface area contributed by atoms with Crippen molar-refractivity contribution in [2.75, 3.05) is 7.11 Å². The normalized spacial score (nSPS) is 12.6. The molecule has 0 bridgehead atoms. The van der Waals surface area contributed by atoms with Gasteiger partial charge in [-0.3, -0.25) is 4.79 Å². The summed E-state index contributed by atoms with van der Waals surface area (Å²) in [5, 5.41) is 1.04. The molecule has 0 saturated carbocycles. The number of carbonyl (C=O) groups excluding carboxylic acids is 1. The Hall–Kier alpha value is -1.29. The molecule has 0 aliphatic heterocycles. The molecule has 1 heterocycles. The van der Waals surface area contributed by atoms with Crippen molar-refractivity contribution in [1.82, 2.24) is 0 Å². The zero-order valence-corrected chi connectivity index (χ0v) is 12.0. The van der Waals surface area contributed by atoms with Gasteiger partial charge in [-0.05, 0) is 30.7 Å². The van der Waals surface area contributed by atoms with Gasteiger partial charge in [0, 0.05) is 16.3 Å². The number of furan rings is 1. The Kier molecular flexibility index (Phi) is 4.07. The highest BCUT2D eigenvalue weighted by Gasteiger charge is 2.19. The lowest BCUT2D eigenvalue weighted by Gasteiger charge is -2.09. The molecule has 1 atom stereocenters. The molecule has 1 aromatic carbocycles. The van der Waals surface area contributed by atoms with Crippen molar-refractivity contribution in [3.63, 3.8) is 0 Å². The van der Waals surface area contributed by atoms with Crippen LogP contribution in [0.5, 0.6) is 0 Å². The van der Waals surface area contributed by atoms with Gasteiger partial charge in [0.2, 0.25) is 0 Å². The maximum atomic E-state index is 11.5. The summed E-state index contributed by atoms with van der Waals surface area (Å²) in [6.45, 7) is 1.97. The van der Waals surface area contributed by atoms with E-state index in [0.29, 0.717) is 6.42 Å². The van der Waals surface area contributed by atoms with Gasteiger partial charge in [0.1, 0.15) is 11.3 Å². The molecular weight excluding hydrogens is 296 g/mol. The van der Waals surface area contributed by atoms with Gasteiger partial charge in [0.05, 0.1) is 13.0 Å². The molecule has 0 radical (unpaired) electrons. The maximum Gasteiger partial charge on any atom is 0.309 e.